The fraction of sp³-hybridized carbons (Fsp3) is 0.533. The van der Waals surface area contributed by atoms with Gasteiger partial charge in [-0.3, -0.25) is 4.79 Å². The van der Waals surface area contributed by atoms with Crippen molar-refractivity contribution in [2.45, 2.75) is 50.5 Å². The van der Waals surface area contributed by atoms with Gasteiger partial charge in [0.25, 0.3) is 0 Å². The van der Waals surface area contributed by atoms with Crippen LogP contribution in [-0.2, 0) is 10.0 Å². The highest BCUT2D eigenvalue weighted by Crippen LogP contribution is 2.25. The molecule has 1 atom stereocenters. The second kappa shape index (κ2) is 6.06. The first-order chi connectivity index (χ1) is 9.43. The van der Waals surface area contributed by atoms with Crippen LogP contribution in [0.15, 0.2) is 29.2 Å². The number of rotatable bonds is 3. The standard InChI is InChI=1S/C15H21NO3S/c1-12-7-4-3-5-10-16(12)20(18,19)15-9-6-8-14(11-15)13(2)17/h6,8-9,11-12H,3-5,7,10H2,1-2H3. The molecule has 1 heterocycles. The van der Waals surface area contributed by atoms with Gasteiger partial charge in [0.2, 0.25) is 10.0 Å². The number of carbonyl (C=O) groups is 1. The first-order valence-electron chi connectivity index (χ1n) is 7.06. The molecule has 1 aromatic rings. The molecule has 1 aliphatic heterocycles. The van der Waals surface area contributed by atoms with Crippen LogP contribution >= 0.6 is 0 Å². The van der Waals surface area contributed by atoms with Crippen LogP contribution in [0.3, 0.4) is 0 Å². The van der Waals surface area contributed by atoms with E-state index in [4.69, 9.17) is 0 Å². The molecule has 1 unspecified atom stereocenters. The van der Waals surface area contributed by atoms with E-state index in [9.17, 15) is 13.2 Å². The lowest BCUT2D eigenvalue weighted by molar-refractivity contribution is 0.101. The van der Waals surface area contributed by atoms with E-state index in [-0.39, 0.29) is 16.7 Å². The number of carbonyl (C=O) groups excluding carboxylic acids is 1. The molecule has 0 spiro atoms. The Balaban J connectivity index is 2.38. The van der Waals surface area contributed by atoms with Crippen molar-refractivity contribution in [1.29, 1.82) is 0 Å². The topological polar surface area (TPSA) is 54.5 Å². The van der Waals surface area contributed by atoms with Gasteiger partial charge in [0, 0.05) is 18.2 Å². The molecule has 1 aliphatic rings. The van der Waals surface area contributed by atoms with Gasteiger partial charge in [-0.05, 0) is 38.8 Å². The van der Waals surface area contributed by atoms with E-state index in [0.717, 1.165) is 25.7 Å². The SMILES string of the molecule is CC(=O)c1cccc(S(=O)(=O)N2CCCCCC2C)c1. The Kier molecular flexibility index (Phi) is 4.60. The lowest BCUT2D eigenvalue weighted by Crippen LogP contribution is -2.38. The third-order valence-electron chi connectivity index (χ3n) is 3.84. The summed E-state index contributed by atoms with van der Waals surface area (Å²) in [6, 6.07) is 6.34. The smallest absolute Gasteiger partial charge is 0.243 e. The largest absolute Gasteiger partial charge is 0.295 e. The zero-order chi connectivity index (χ0) is 14.8. The maximum Gasteiger partial charge on any atom is 0.243 e. The van der Waals surface area contributed by atoms with Gasteiger partial charge in [-0.25, -0.2) is 8.42 Å². The normalized spacial score (nSPS) is 21.4. The number of nitrogens with zero attached hydrogens (tertiary/aromatic N) is 1. The molecule has 0 N–H and O–H groups in total. The number of ketones is 1. The predicted molar refractivity (Wildman–Crippen MR) is 78.3 cm³/mol. The summed E-state index contributed by atoms with van der Waals surface area (Å²) < 4.78 is 27.1. The van der Waals surface area contributed by atoms with Gasteiger partial charge in [-0.2, -0.15) is 4.31 Å². The number of Topliss-reactive ketones (excluding diaryl/α,β-unsaturated/α-hetero) is 1. The highest BCUT2D eigenvalue weighted by atomic mass is 32.2. The molecule has 1 aromatic carbocycles. The lowest BCUT2D eigenvalue weighted by atomic mass is 10.1. The Labute approximate surface area is 120 Å². The van der Waals surface area contributed by atoms with Crippen LogP contribution in [0.2, 0.25) is 0 Å². The van der Waals surface area contributed by atoms with Gasteiger partial charge in [0.05, 0.1) is 4.90 Å². The number of sulfonamides is 1. The molecule has 5 heteroatoms. The van der Waals surface area contributed by atoms with E-state index in [1.807, 2.05) is 6.92 Å². The number of hydrogen-bond acceptors (Lipinski definition) is 3. The highest BCUT2D eigenvalue weighted by molar-refractivity contribution is 7.89. The van der Waals surface area contributed by atoms with E-state index in [1.165, 1.54) is 13.0 Å². The molecule has 4 nitrogen and oxygen atoms in total. The average molecular weight is 295 g/mol. The molecule has 20 heavy (non-hydrogen) atoms. The summed E-state index contributed by atoms with van der Waals surface area (Å²) in [4.78, 5) is 11.6. The minimum atomic E-state index is -3.51. The summed E-state index contributed by atoms with van der Waals surface area (Å²) in [6.07, 6.45) is 3.94. The monoisotopic (exact) mass is 295 g/mol. The maximum atomic E-state index is 12.7. The molecule has 0 saturated carbocycles. The van der Waals surface area contributed by atoms with Crippen molar-refractivity contribution in [3.8, 4) is 0 Å². The summed E-state index contributed by atoms with van der Waals surface area (Å²) in [5.41, 5.74) is 0.438. The summed E-state index contributed by atoms with van der Waals surface area (Å²) in [5, 5.41) is 0. The third kappa shape index (κ3) is 3.10. The Hall–Kier alpha value is -1.20. The minimum Gasteiger partial charge on any atom is -0.295 e. The second-order valence-electron chi connectivity index (χ2n) is 5.40. The molecule has 0 bridgehead atoms. The fourth-order valence-electron chi connectivity index (χ4n) is 2.62. The van der Waals surface area contributed by atoms with Crippen molar-refractivity contribution in [2.75, 3.05) is 6.54 Å². The van der Waals surface area contributed by atoms with Crippen LogP contribution in [0.5, 0.6) is 0 Å². The molecule has 0 aliphatic carbocycles. The van der Waals surface area contributed by atoms with Crippen molar-refractivity contribution in [3.63, 3.8) is 0 Å². The van der Waals surface area contributed by atoms with Crippen molar-refractivity contribution in [1.82, 2.24) is 4.31 Å². The predicted octanol–water partition coefficient (Wildman–Crippen LogP) is 2.84. The minimum absolute atomic E-state index is 0.0171. The molecule has 0 amide bonds. The van der Waals surface area contributed by atoms with Crippen LogP contribution in [-0.4, -0.2) is 31.1 Å². The molecule has 0 aromatic heterocycles. The van der Waals surface area contributed by atoms with Crippen molar-refractivity contribution in [3.05, 3.63) is 29.8 Å². The van der Waals surface area contributed by atoms with Gasteiger partial charge in [-0.15, -0.1) is 0 Å². The summed E-state index contributed by atoms with van der Waals surface area (Å²) in [7, 11) is -3.51. The first-order valence-corrected chi connectivity index (χ1v) is 8.50. The van der Waals surface area contributed by atoms with Crippen LogP contribution in [0.4, 0.5) is 0 Å². The summed E-state index contributed by atoms with van der Waals surface area (Å²) in [6.45, 7) is 3.96. The van der Waals surface area contributed by atoms with E-state index < -0.39 is 10.0 Å². The van der Waals surface area contributed by atoms with E-state index in [0.29, 0.717) is 12.1 Å². The fourth-order valence-corrected chi connectivity index (χ4v) is 4.36. The lowest BCUT2D eigenvalue weighted by Gasteiger charge is -2.26. The maximum absolute atomic E-state index is 12.7. The summed E-state index contributed by atoms with van der Waals surface area (Å²) in [5.74, 6) is -0.119. The zero-order valence-corrected chi connectivity index (χ0v) is 12.8. The quantitative estimate of drug-likeness (QED) is 0.806. The van der Waals surface area contributed by atoms with E-state index in [1.54, 1.807) is 22.5 Å². The summed E-state index contributed by atoms with van der Waals surface area (Å²) >= 11 is 0. The Morgan fingerprint density at radius 2 is 2.00 bits per heavy atom. The average Bonchev–Trinajstić information content (AvgIpc) is 2.64. The van der Waals surface area contributed by atoms with Crippen LogP contribution < -0.4 is 0 Å². The van der Waals surface area contributed by atoms with E-state index >= 15 is 0 Å². The second-order valence-corrected chi connectivity index (χ2v) is 7.29. The molecular formula is C15H21NO3S. The van der Waals surface area contributed by atoms with Crippen molar-refractivity contribution in [2.24, 2.45) is 0 Å². The van der Waals surface area contributed by atoms with Crippen molar-refractivity contribution >= 4 is 15.8 Å². The zero-order valence-electron chi connectivity index (χ0n) is 12.0. The Morgan fingerprint density at radius 1 is 1.25 bits per heavy atom. The van der Waals surface area contributed by atoms with Crippen molar-refractivity contribution < 1.29 is 13.2 Å². The molecule has 2 rings (SSSR count). The number of benzene rings is 1. The molecule has 1 saturated heterocycles. The van der Waals surface area contributed by atoms with Gasteiger partial charge >= 0.3 is 0 Å². The van der Waals surface area contributed by atoms with Crippen LogP contribution in [0.1, 0.15) is 49.9 Å². The van der Waals surface area contributed by atoms with Gasteiger partial charge < -0.3 is 0 Å². The molecule has 0 radical (unpaired) electrons. The first kappa shape index (κ1) is 15.2. The van der Waals surface area contributed by atoms with E-state index in [2.05, 4.69) is 0 Å². The Morgan fingerprint density at radius 3 is 2.70 bits per heavy atom. The van der Waals surface area contributed by atoms with Crippen LogP contribution in [0.25, 0.3) is 0 Å². The van der Waals surface area contributed by atoms with Gasteiger partial charge in [-0.1, -0.05) is 25.0 Å². The Bertz CT molecular complexity index is 595. The third-order valence-corrected chi connectivity index (χ3v) is 5.85. The number of hydrogen-bond donors (Lipinski definition) is 0. The van der Waals surface area contributed by atoms with Gasteiger partial charge in [0.1, 0.15) is 0 Å². The molecule has 110 valence electrons. The highest BCUT2D eigenvalue weighted by Gasteiger charge is 2.30. The van der Waals surface area contributed by atoms with Crippen LogP contribution in [0, 0.1) is 0 Å². The molecular weight excluding hydrogens is 274 g/mol. The molecule has 1 fully saturated rings. The van der Waals surface area contributed by atoms with Gasteiger partial charge in [0.15, 0.2) is 5.78 Å².